The molecule has 1 aromatic heterocycles. The van der Waals surface area contributed by atoms with E-state index >= 15 is 0 Å². The summed E-state index contributed by atoms with van der Waals surface area (Å²) in [5.74, 6) is 0.471. The highest BCUT2D eigenvalue weighted by Gasteiger charge is 2.11. The quantitative estimate of drug-likeness (QED) is 0.840. The summed E-state index contributed by atoms with van der Waals surface area (Å²) in [6.45, 7) is 0.126. The Bertz CT molecular complexity index is 608. The van der Waals surface area contributed by atoms with Gasteiger partial charge in [0.05, 0.1) is 18.4 Å². The van der Waals surface area contributed by atoms with Crippen LogP contribution < -0.4 is 15.4 Å². The molecular weight excluding hydrogens is 272 g/mol. The van der Waals surface area contributed by atoms with E-state index in [0.717, 1.165) is 0 Å². The molecule has 0 aliphatic carbocycles. The number of nitrogens with one attached hydrogen (secondary N) is 2. The van der Waals surface area contributed by atoms with Crippen LogP contribution in [0.1, 0.15) is 16.1 Å². The van der Waals surface area contributed by atoms with Crippen molar-refractivity contribution in [2.75, 3.05) is 13.7 Å². The first-order valence-electron chi connectivity index (χ1n) is 6.43. The Hall–Kier alpha value is -2.76. The summed E-state index contributed by atoms with van der Waals surface area (Å²) in [4.78, 5) is 23.3. The van der Waals surface area contributed by atoms with E-state index in [4.69, 9.17) is 9.15 Å². The van der Waals surface area contributed by atoms with Crippen molar-refractivity contribution in [1.82, 2.24) is 10.6 Å². The third kappa shape index (κ3) is 4.10. The third-order valence-corrected chi connectivity index (χ3v) is 2.76. The van der Waals surface area contributed by atoms with Crippen molar-refractivity contribution in [3.63, 3.8) is 0 Å². The van der Waals surface area contributed by atoms with Gasteiger partial charge in [0.15, 0.2) is 6.61 Å². The molecule has 0 radical (unpaired) electrons. The first-order chi connectivity index (χ1) is 10.2. The number of hydrogen-bond acceptors (Lipinski definition) is 4. The van der Waals surface area contributed by atoms with E-state index in [1.165, 1.54) is 13.3 Å². The Kier molecular flexibility index (Phi) is 4.98. The van der Waals surface area contributed by atoms with Crippen molar-refractivity contribution >= 4 is 11.8 Å². The van der Waals surface area contributed by atoms with Crippen molar-refractivity contribution in [2.24, 2.45) is 0 Å². The first-order valence-corrected chi connectivity index (χ1v) is 6.43. The molecule has 0 fully saturated rings. The Morgan fingerprint density at radius 3 is 2.71 bits per heavy atom. The Morgan fingerprint density at radius 1 is 1.19 bits per heavy atom. The van der Waals surface area contributed by atoms with Crippen LogP contribution in [0.15, 0.2) is 47.1 Å². The minimum absolute atomic E-state index is 0.172. The van der Waals surface area contributed by atoms with Gasteiger partial charge in [-0.15, -0.1) is 0 Å². The highest BCUT2D eigenvalue weighted by Crippen LogP contribution is 2.17. The molecule has 21 heavy (non-hydrogen) atoms. The number of ether oxygens (including phenoxy) is 1. The molecule has 0 saturated carbocycles. The van der Waals surface area contributed by atoms with Gasteiger partial charge in [0.2, 0.25) is 0 Å². The summed E-state index contributed by atoms with van der Waals surface area (Å²) in [5.41, 5.74) is 0.388. The van der Waals surface area contributed by atoms with Gasteiger partial charge in [-0.1, -0.05) is 12.1 Å². The standard InChI is InChI=1S/C15H16N2O4/c1-16-15(19)12-6-2-3-7-13(12)21-10-14(18)17-9-11-5-4-8-20-11/h2-8H,9-10H2,1H3,(H,16,19)(H,17,18). The number of hydrogen-bond donors (Lipinski definition) is 2. The summed E-state index contributed by atoms with van der Waals surface area (Å²) in [6.07, 6.45) is 1.54. The van der Waals surface area contributed by atoms with Crippen LogP contribution in [0.25, 0.3) is 0 Å². The van der Waals surface area contributed by atoms with Gasteiger partial charge in [0, 0.05) is 7.05 Å². The Balaban J connectivity index is 1.88. The number of para-hydroxylation sites is 1. The Labute approximate surface area is 122 Å². The molecule has 6 nitrogen and oxygen atoms in total. The number of carbonyl (C=O) groups is 2. The zero-order valence-corrected chi connectivity index (χ0v) is 11.6. The lowest BCUT2D eigenvalue weighted by Crippen LogP contribution is -2.28. The van der Waals surface area contributed by atoms with Crippen LogP contribution in [-0.4, -0.2) is 25.5 Å². The fourth-order valence-corrected chi connectivity index (χ4v) is 1.71. The predicted molar refractivity (Wildman–Crippen MR) is 75.9 cm³/mol. The van der Waals surface area contributed by atoms with E-state index in [0.29, 0.717) is 23.6 Å². The number of furan rings is 1. The molecule has 2 rings (SSSR count). The smallest absolute Gasteiger partial charge is 0.258 e. The zero-order chi connectivity index (χ0) is 15.1. The number of rotatable bonds is 6. The molecule has 0 spiro atoms. The molecule has 0 unspecified atom stereocenters. The van der Waals surface area contributed by atoms with Crippen molar-refractivity contribution in [3.05, 3.63) is 54.0 Å². The maximum Gasteiger partial charge on any atom is 0.258 e. The van der Waals surface area contributed by atoms with Crippen molar-refractivity contribution in [2.45, 2.75) is 6.54 Å². The second-order valence-corrected chi connectivity index (χ2v) is 4.22. The second kappa shape index (κ2) is 7.14. The number of carbonyl (C=O) groups excluding carboxylic acids is 2. The van der Waals surface area contributed by atoms with Gasteiger partial charge in [-0.05, 0) is 24.3 Å². The Morgan fingerprint density at radius 2 is 2.00 bits per heavy atom. The van der Waals surface area contributed by atoms with Crippen LogP contribution >= 0.6 is 0 Å². The summed E-state index contributed by atoms with van der Waals surface area (Å²) >= 11 is 0. The topological polar surface area (TPSA) is 80.6 Å². The van der Waals surface area contributed by atoms with Gasteiger partial charge >= 0.3 is 0 Å². The van der Waals surface area contributed by atoms with Crippen LogP contribution in [0.5, 0.6) is 5.75 Å². The molecule has 1 aromatic carbocycles. The van der Waals surface area contributed by atoms with Gasteiger partial charge in [-0.3, -0.25) is 9.59 Å². The lowest BCUT2D eigenvalue weighted by atomic mass is 10.2. The first kappa shape index (κ1) is 14.6. The summed E-state index contributed by atoms with van der Waals surface area (Å²) < 4.78 is 10.5. The minimum Gasteiger partial charge on any atom is -0.483 e. The van der Waals surface area contributed by atoms with E-state index in [1.807, 2.05) is 0 Å². The van der Waals surface area contributed by atoms with Crippen LogP contribution in [0, 0.1) is 0 Å². The van der Waals surface area contributed by atoms with Gasteiger partial charge < -0.3 is 19.8 Å². The molecule has 0 aliphatic rings. The average molecular weight is 288 g/mol. The fraction of sp³-hybridized carbons (Fsp3) is 0.200. The molecular formula is C15H16N2O4. The lowest BCUT2D eigenvalue weighted by molar-refractivity contribution is -0.123. The number of amides is 2. The van der Waals surface area contributed by atoms with Crippen LogP contribution in [0.2, 0.25) is 0 Å². The van der Waals surface area contributed by atoms with Crippen molar-refractivity contribution < 1.29 is 18.7 Å². The van der Waals surface area contributed by atoms with Gasteiger partial charge in [0.25, 0.3) is 11.8 Å². The normalized spacial score (nSPS) is 9.95. The molecule has 2 amide bonds. The molecule has 1 heterocycles. The van der Waals surface area contributed by atoms with Gasteiger partial charge in [-0.2, -0.15) is 0 Å². The van der Waals surface area contributed by atoms with Crippen LogP contribution in [-0.2, 0) is 11.3 Å². The maximum absolute atomic E-state index is 11.7. The molecule has 0 bridgehead atoms. The largest absolute Gasteiger partial charge is 0.483 e. The fourth-order valence-electron chi connectivity index (χ4n) is 1.71. The predicted octanol–water partition coefficient (Wildman–Crippen LogP) is 1.33. The zero-order valence-electron chi connectivity index (χ0n) is 11.6. The van der Waals surface area contributed by atoms with E-state index in [1.54, 1.807) is 36.4 Å². The molecule has 110 valence electrons. The molecule has 0 atom stereocenters. The summed E-state index contributed by atoms with van der Waals surface area (Å²) in [5, 5.41) is 5.18. The molecule has 2 aromatic rings. The second-order valence-electron chi connectivity index (χ2n) is 4.22. The van der Waals surface area contributed by atoms with E-state index in [9.17, 15) is 9.59 Å². The maximum atomic E-state index is 11.7. The van der Waals surface area contributed by atoms with Crippen LogP contribution in [0.3, 0.4) is 0 Å². The summed E-state index contributed by atoms with van der Waals surface area (Å²) in [7, 11) is 1.54. The van der Waals surface area contributed by atoms with Gasteiger partial charge in [-0.25, -0.2) is 0 Å². The number of benzene rings is 1. The highest BCUT2D eigenvalue weighted by atomic mass is 16.5. The van der Waals surface area contributed by atoms with Crippen molar-refractivity contribution in [3.8, 4) is 5.75 Å². The third-order valence-electron chi connectivity index (χ3n) is 2.76. The van der Waals surface area contributed by atoms with E-state index in [2.05, 4.69) is 10.6 Å². The van der Waals surface area contributed by atoms with E-state index < -0.39 is 0 Å². The van der Waals surface area contributed by atoms with E-state index in [-0.39, 0.29) is 18.4 Å². The lowest BCUT2D eigenvalue weighted by Gasteiger charge is -2.10. The monoisotopic (exact) mass is 288 g/mol. The average Bonchev–Trinajstić information content (AvgIpc) is 3.04. The van der Waals surface area contributed by atoms with Crippen molar-refractivity contribution in [1.29, 1.82) is 0 Å². The minimum atomic E-state index is -0.293. The van der Waals surface area contributed by atoms with Crippen LogP contribution in [0.4, 0.5) is 0 Å². The molecule has 2 N–H and O–H groups in total. The van der Waals surface area contributed by atoms with Gasteiger partial charge in [0.1, 0.15) is 11.5 Å². The highest BCUT2D eigenvalue weighted by molar-refractivity contribution is 5.96. The molecule has 6 heteroatoms. The SMILES string of the molecule is CNC(=O)c1ccccc1OCC(=O)NCc1ccco1. The molecule has 0 saturated heterocycles. The molecule has 0 aliphatic heterocycles. The summed E-state index contributed by atoms with van der Waals surface area (Å²) in [6, 6.07) is 10.3.